The third-order valence-electron chi connectivity index (χ3n) is 7.80. The fourth-order valence-corrected chi connectivity index (χ4v) is 6.35. The van der Waals surface area contributed by atoms with Gasteiger partial charge < -0.3 is 4.74 Å². The number of benzene rings is 1. The van der Waals surface area contributed by atoms with E-state index >= 15 is 0 Å². The van der Waals surface area contributed by atoms with E-state index in [0.29, 0.717) is 6.10 Å². The van der Waals surface area contributed by atoms with Gasteiger partial charge in [0.25, 0.3) is 0 Å². The second kappa shape index (κ2) is 8.95. The normalized spacial score (nSPS) is 33.1. The molecule has 1 heteroatoms. The van der Waals surface area contributed by atoms with Crippen molar-refractivity contribution in [2.45, 2.75) is 83.7 Å². The van der Waals surface area contributed by atoms with Gasteiger partial charge in [-0.15, -0.1) is 6.58 Å². The molecule has 0 bridgehead atoms. The summed E-state index contributed by atoms with van der Waals surface area (Å²) in [4.78, 5) is 0. The third kappa shape index (κ3) is 4.50. The summed E-state index contributed by atoms with van der Waals surface area (Å²) < 4.78 is 5.97. The minimum Gasteiger partial charge on any atom is -0.374 e. The molecule has 1 aromatic rings. The van der Waals surface area contributed by atoms with Gasteiger partial charge in [0.1, 0.15) is 0 Å². The molecule has 148 valence electrons. The van der Waals surface area contributed by atoms with Crippen LogP contribution in [-0.2, 0) is 24.0 Å². The Kier molecular flexibility index (Phi) is 6.38. The SMILES string of the molecule is C=CCOC1CCC2CC(C3CCc4cc(CCC)ccc4C3)CCC2C1. The summed E-state index contributed by atoms with van der Waals surface area (Å²) in [6.07, 6.45) is 17.4. The van der Waals surface area contributed by atoms with Crippen LogP contribution >= 0.6 is 0 Å². The predicted molar refractivity (Wildman–Crippen MR) is 114 cm³/mol. The van der Waals surface area contributed by atoms with E-state index in [9.17, 15) is 0 Å². The highest BCUT2D eigenvalue weighted by Crippen LogP contribution is 2.47. The van der Waals surface area contributed by atoms with E-state index in [2.05, 4.69) is 31.7 Å². The Bertz CT molecular complexity index is 633. The van der Waals surface area contributed by atoms with E-state index in [4.69, 9.17) is 4.74 Å². The lowest BCUT2D eigenvalue weighted by molar-refractivity contribution is -0.0137. The van der Waals surface area contributed by atoms with Crippen LogP contribution in [0.25, 0.3) is 0 Å². The van der Waals surface area contributed by atoms with Crippen molar-refractivity contribution in [1.82, 2.24) is 0 Å². The van der Waals surface area contributed by atoms with Gasteiger partial charge in [-0.2, -0.15) is 0 Å². The van der Waals surface area contributed by atoms with E-state index in [1.807, 2.05) is 6.08 Å². The molecule has 0 radical (unpaired) electrons. The molecule has 1 nitrogen and oxygen atoms in total. The summed E-state index contributed by atoms with van der Waals surface area (Å²) in [5, 5.41) is 0. The highest BCUT2D eigenvalue weighted by atomic mass is 16.5. The van der Waals surface area contributed by atoms with Gasteiger partial charge in [0.05, 0.1) is 12.7 Å². The number of fused-ring (bicyclic) bond motifs is 2. The molecule has 3 aliphatic rings. The lowest BCUT2D eigenvalue weighted by Gasteiger charge is -2.44. The molecule has 4 rings (SSSR count). The molecule has 0 N–H and O–H groups in total. The quantitative estimate of drug-likeness (QED) is 0.520. The van der Waals surface area contributed by atoms with Gasteiger partial charge in [0.15, 0.2) is 0 Å². The first-order valence-electron chi connectivity index (χ1n) is 11.6. The first-order chi connectivity index (χ1) is 13.3. The highest BCUT2D eigenvalue weighted by molar-refractivity contribution is 5.34. The second-order valence-corrected chi connectivity index (χ2v) is 9.51. The monoisotopic (exact) mass is 366 g/mol. The van der Waals surface area contributed by atoms with E-state index in [1.54, 1.807) is 16.7 Å². The average Bonchev–Trinajstić information content (AvgIpc) is 2.71. The molecule has 5 atom stereocenters. The van der Waals surface area contributed by atoms with Crippen LogP contribution < -0.4 is 0 Å². The fraction of sp³-hybridized carbons (Fsp3) is 0.692. The zero-order valence-electron chi connectivity index (χ0n) is 17.3. The lowest BCUT2D eigenvalue weighted by atomic mass is 9.62. The summed E-state index contributed by atoms with van der Waals surface area (Å²) in [6, 6.07) is 7.36. The van der Waals surface area contributed by atoms with Crippen LogP contribution in [-0.4, -0.2) is 12.7 Å². The van der Waals surface area contributed by atoms with Crippen molar-refractivity contribution in [3.63, 3.8) is 0 Å². The molecule has 2 fully saturated rings. The number of aryl methyl sites for hydroxylation is 2. The Morgan fingerprint density at radius 1 is 0.963 bits per heavy atom. The van der Waals surface area contributed by atoms with Crippen LogP contribution in [0.1, 0.15) is 75.0 Å². The number of hydrogen-bond donors (Lipinski definition) is 0. The molecule has 0 aromatic heterocycles. The van der Waals surface area contributed by atoms with Gasteiger partial charge in [-0.3, -0.25) is 0 Å². The fourth-order valence-electron chi connectivity index (χ4n) is 6.35. The van der Waals surface area contributed by atoms with Gasteiger partial charge in [-0.25, -0.2) is 0 Å². The lowest BCUT2D eigenvalue weighted by Crippen LogP contribution is -2.37. The average molecular weight is 367 g/mol. The topological polar surface area (TPSA) is 9.23 Å². The van der Waals surface area contributed by atoms with Crippen LogP contribution in [0.15, 0.2) is 30.9 Å². The van der Waals surface area contributed by atoms with E-state index in [1.165, 1.54) is 70.6 Å². The van der Waals surface area contributed by atoms with Crippen molar-refractivity contribution < 1.29 is 4.74 Å². The van der Waals surface area contributed by atoms with Crippen molar-refractivity contribution in [2.75, 3.05) is 6.61 Å². The Morgan fingerprint density at radius 3 is 2.56 bits per heavy atom. The minimum absolute atomic E-state index is 0.500. The molecule has 0 amide bonds. The largest absolute Gasteiger partial charge is 0.374 e. The first kappa shape index (κ1) is 19.2. The Labute approximate surface area is 166 Å². The Balaban J connectivity index is 1.33. The molecule has 3 aliphatic carbocycles. The maximum atomic E-state index is 5.97. The maximum absolute atomic E-state index is 5.97. The van der Waals surface area contributed by atoms with Gasteiger partial charge >= 0.3 is 0 Å². The summed E-state index contributed by atoms with van der Waals surface area (Å²) >= 11 is 0. The summed E-state index contributed by atoms with van der Waals surface area (Å²) in [5.74, 6) is 3.81. The van der Waals surface area contributed by atoms with Crippen molar-refractivity contribution >= 4 is 0 Å². The molecule has 5 unspecified atom stereocenters. The predicted octanol–water partition coefficient (Wildman–Crippen LogP) is 6.53. The molecule has 0 heterocycles. The number of rotatable bonds is 6. The third-order valence-corrected chi connectivity index (χ3v) is 7.80. The minimum atomic E-state index is 0.500. The molecule has 1 aromatic carbocycles. The van der Waals surface area contributed by atoms with Crippen LogP contribution in [0.3, 0.4) is 0 Å². The maximum Gasteiger partial charge on any atom is 0.0648 e. The Morgan fingerprint density at radius 2 is 1.74 bits per heavy atom. The molecular weight excluding hydrogens is 328 g/mol. The van der Waals surface area contributed by atoms with Crippen LogP contribution in [0.2, 0.25) is 0 Å². The Hall–Kier alpha value is -1.08. The van der Waals surface area contributed by atoms with Crippen molar-refractivity contribution in [2.24, 2.45) is 23.7 Å². The van der Waals surface area contributed by atoms with Crippen molar-refractivity contribution in [3.8, 4) is 0 Å². The van der Waals surface area contributed by atoms with Crippen LogP contribution in [0.4, 0.5) is 0 Å². The standard InChI is InChI=1S/C26H38O/c1-3-5-19-6-7-21-16-22(9-8-20(21)15-19)23-10-11-25-18-26(27-14-4-2)13-12-24(25)17-23/h4,6-7,15,22-26H,2-3,5,8-14,16-18H2,1H3. The van der Waals surface area contributed by atoms with Crippen LogP contribution in [0.5, 0.6) is 0 Å². The zero-order valence-corrected chi connectivity index (χ0v) is 17.3. The molecule has 0 spiro atoms. The smallest absolute Gasteiger partial charge is 0.0648 e. The summed E-state index contributed by atoms with van der Waals surface area (Å²) in [6.45, 7) is 6.80. The number of ether oxygens (including phenoxy) is 1. The summed E-state index contributed by atoms with van der Waals surface area (Å²) in [5.41, 5.74) is 4.87. The number of hydrogen-bond acceptors (Lipinski definition) is 1. The van der Waals surface area contributed by atoms with Gasteiger partial charge in [0.2, 0.25) is 0 Å². The van der Waals surface area contributed by atoms with E-state index < -0.39 is 0 Å². The molecule has 2 saturated carbocycles. The zero-order chi connectivity index (χ0) is 18.6. The highest BCUT2D eigenvalue weighted by Gasteiger charge is 2.38. The van der Waals surface area contributed by atoms with Crippen LogP contribution in [0, 0.1) is 23.7 Å². The molecular formula is C26H38O. The molecule has 27 heavy (non-hydrogen) atoms. The first-order valence-corrected chi connectivity index (χ1v) is 11.6. The van der Waals surface area contributed by atoms with E-state index in [0.717, 1.165) is 30.3 Å². The second-order valence-electron chi connectivity index (χ2n) is 9.51. The van der Waals surface area contributed by atoms with Crippen molar-refractivity contribution in [1.29, 1.82) is 0 Å². The van der Waals surface area contributed by atoms with Gasteiger partial charge in [-0.1, -0.05) is 37.6 Å². The summed E-state index contributed by atoms with van der Waals surface area (Å²) in [7, 11) is 0. The van der Waals surface area contributed by atoms with Crippen molar-refractivity contribution in [3.05, 3.63) is 47.5 Å². The molecule has 0 saturated heterocycles. The van der Waals surface area contributed by atoms with E-state index in [-0.39, 0.29) is 0 Å². The van der Waals surface area contributed by atoms with Gasteiger partial charge in [0, 0.05) is 0 Å². The van der Waals surface area contributed by atoms with Gasteiger partial charge in [-0.05, 0) is 105 Å². The molecule has 0 aliphatic heterocycles.